The van der Waals surface area contributed by atoms with Gasteiger partial charge in [-0.05, 0) is 54.5 Å². The van der Waals surface area contributed by atoms with Gasteiger partial charge in [-0.15, -0.1) is 0 Å². The maximum absolute atomic E-state index is 13.1. The van der Waals surface area contributed by atoms with Gasteiger partial charge >= 0.3 is 0 Å². The first-order chi connectivity index (χ1) is 11.6. The van der Waals surface area contributed by atoms with E-state index in [2.05, 4.69) is 46.8 Å². The number of halogens is 1. The van der Waals surface area contributed by atoms with Gasteiger partial charge in [0.15, 0.2) is 5.11 Å². The number of benzene rings is 2. The molecule has 0 bridgehead atoms. The third-order valence-corrected chi connectivity index (χ3v) is 3.55. The molecule has 0 spiro atoms. The van der Waals surface area contributed by atoms with E-state index < -0.39 is 0 Å². The molecule has 0 saturated carbocycles. The van der Waals surface area contributed by atoms with E-state index >= 15 is 0 Å². The molecule has 2 aromatic carbocycles. The molecule has 2 N–H and O–H groups in total. The molecule has 0 aliphatic heterocycles. The Labute approximate surface area is 147 Å². The maximum atomic E-state index is 13.1. The van der Waals surface area contributed by atoms with Crippen LogP contribution in [0.5, 0.6) is 0 Å². The number of thiocarbonyl (C=S) groups is 1. The van der Waals surface area contributed by atoms with Crippen LogP contribution in [0, 0.1) is 5.82 Å². The minimum Gasteiger partial charge on any atom is -0.375 e. The number of nitrogens with one attached hydrogen (secondary N) is 2. The Bertz CT molecular complexity index is 700. The number of rotatable bonds is 6. The number of anilines is 2. The van der Waals surface area contributed by atoms with Crippen LogP contribution in [0.1, 0.15) is 18.9 Å². The summed E-state index contributed by atoms with van der Waals surface area (Å²) in [6.07, 6.45) is 2.79. The van der Waals surface area contributed by atoms with Gasteiger partial charge in [0.2, 0.25) is 0 Å². The molecule has 4 nitrogen and oxygen atoms in total. The van der Waals surface area contributed by atoms with Crippen molar-refractivity contribution in [3.8, 4) is 0 Å². The van der Waals surface area contributed by atoms with Gasteiger partial charge in [-0.1, -0.05) is 25.1 Å². The van der Waals surface area contributed by atoms with E-state index in [4.69, 9.17) is 12.2 Å². The molecule has 0 fully saturated rings. The highest BCUT2D eigenvalue weighted by Gasteiger charge is 1.99. The Kier molecular flexibility index (Phi) is 6.69. The Hall–Kier alpha value is -2.47. The number of hydrazone groups is 1. The van der Waals surface area contributed by atoms with Crippen LogP contribution in [0.25, 0.3) is 0 Å². The highest BCUT2D eigenvalue weighted by molar-refractivity contribution is 7.80. The van der Waals surface area contributed by atoms with Gasteiger partial charge in [-0.2, -0.15) is 5.10 Å². The SMILES string of the molecule is CCCN(C)c1ccc(C=NNC(=S)Nc2cccc(F)c2)cc1. The molecule has 0 radical (unpaired) electrons. The Morgan fingerprint density at radius 1 is 1.25 bits per heavy atom. The van der Waals surface area contributed by atoms with Crippen molar-refractivity contribution in [3.05, 3.63) is 59.9 Å². The fourth-order valence-electron chi connectivity index (χ4n) is 2.17. The number of nitrogens with zero attached hydrogens (tertiary/aromatic N) is 2. The van der Waals surface area contributed by atoms with E-state index in [0.29, 0.717) is 10.8 Å². The topological polar surface area (TPSA) is 39.7 Å². The van der Waals surface area contributed by atoms with Crippen molar-refractivity contribution in [1.29, 1.82) is 0 Å². The Morgan fingerprint density at radius 2 is 2.00 bits per heavy atom. The van der Waals surface area contributed by atoms with Crippen molar-refractivity contribution in [2.24, 2.45) is 5.10 Å². The summed E-state index contributed by atoms with van der Waals surface area (Å²) in [5, 5.41) is 7.25. The summed E-state index contributed by atoms with van der Waals surface area (Å²) >= 11 is 5.11. The van der Waals surface area contributed by atoms with Crippen LogP contribution >= 0.6 is 12.2 Å². The molecule has 126 valence electrons. The van der Waals surface area contributed by atoms with Crippen molar-refractivity contribution in [3.63, 3.8) is 0 Å². The first kappa shape index (κ1) is 17.9. The average molecular weight is 344 g/mol. The van der Waals surface area contributed by atoms with Crippen molar-refractivity contribution >= 4 is 34.9 Å². The van der Waals surface area contributed by atoms with Gasteiger partial charge < -0.3 is 10.2 Å². The summed E-state index contributed by atoms with van der Waals surface area (Å²) in [5.41, 5.74) is 5.42. The third-order valence-electron chi connectivity index (χ3n) is 3.36. The molecule has 0 amide bonds. The van der Waals surface area contributed by atoms with Gasteiger partial charge in [-0.3, -0.25) is 5.43 Å². The summed E-state index contributed by atoms with van der Waals surface area (Å²) in [4.78, 5) is 2.21. The largest absolute Gasteiger partial charge is 0.375 e. The van der Waals surface area contributed by atoms with E-state index in [-0.39, 0.29) is 5.82 Å². The average Bonchev–Trinajstić information content (AvgIpc) is 2.55. The smallest absolute Gasteiger partial charge is 0.191 e. The molecule has 0 unspecified atom stereocenters. The zero-order valence-electron chi connectivity index (χ0n) is 13.8. The fraction of sp³-hybridized carbons (Fsp3) is 0.222. The quantitative estimate of drug-likeness (QED) is 0.472. The number of hydrogen-bond donors (Lipinski definition) is 2. The van der Waals surface area contributed by atoms with E-state index in [1.807, 2.05) is 12.1 Å². The molecule has 0 saturated heterocycles. The third kappa shape index (κ3) is 5.62. The summed E-state index contributed by atoms with van der Waals surface area (Å²) in [7, 11) is 2.07. The van der Waals surface area contributed by atoms with Gasteiger partial charge in [0, 0.05) is 25.0 Å². The molecular weight excluding hydrogens is 323 g/mol. The maximum Gasteiger partial charge on any atom is 0.191 e. The first-order valence-corrected chi connectivity index (χ1v) is 8.16. The van der Waals surface area contributed by atoms with Crippen LogP contribution in [0.3, 0.4) is 0 Å². The standard InChI is InChI=1S/C18H21FN4S/c1-3-11-23(2)17-9-7-14(8-10-17)13-20-22-18(24)21-16-6-4-5-15(19)12-16/h4-10,12-13H,3,11H2,1-2H3,(H2,21,22,24). The van der Waals surface area contributed by atoms with Crippen LogP contribution in [0.2, 0.25) is 0 Å². The molecule has 0 aliphatic carbocycles. The van der Waals surface area contributed by atoms with Crippen LogP contribution in [0.15, 0.2) is 53.6 Å². The highest BCUT2D eigenvalue weighted by Crippen LogP contribution is 2.13. The minimum absolute atomic E-state index is 0.302. The zero-order chi connectivity index (χ0) is 17.4. The monoisotopic (exact) mass is 344 g/mol. The van der Waals surface area contributed by atoms with Crippen LogP contribution in [-0.4, -0.2) is 24.9 Å². The minimum atomic E-state index is -0.320. The van der Waals surface area contributed by atoms with Gasteiger partial charge in [0.1, 0.15) is 5.82 Å². The van der Waals surface area contributed by atoms with Crippen molar-refractivity contribution in [1.82, 2.24) is 5.43 Å². The predicted molar refractivity (Wildman–Crippen MR) is 103 cm³/mol. The van der Waals surface area contributed by atoms with E-state index in [9.17, 15) is 4.39 Å². The normalized spacial score (nSPS) is 10.6. The van der Waals surface area contributed by atoms with Gasteiger partial charge in [-0.25, -0.2) is 4.39 Å². The van der Waals surface area contributed by atoms with Crippen molar-refractivity contribution in [2.45, 2.75) is 13.3 Å². The zero-order valence-corrected chi connectivity index (χ0v) is 14.6. The number of hydrogen-bond acceptors (Lipinski definition) is 3. The van der Waals surface area contributed by atoms with Crippen LogP contribution < -0.4 is 15.6 Å². The highest BCUT2D eigenvalue weighted by atomic mass is 32.1. The molecule has 6 heteroatoms. The van der Waals surface area contributed by atoms with E-state index in [0.717, 1.165) is 18.5 Å². The lowest BCUT2D eigenvalue weighted by atomic mass is 10.2. The lowest BCUT2D eigenvalue weighted by molar-refractivity contribution is 0.628. The summed E-state index contributed by atoms with van der Waals surface area (Å²) in [5.74, 6) is -0.320. The van der Waals surface area contributed by atoms with Gasteiger partial charge in [0.05, 0.1) is 6.21 Å². The molecule has 0 heterocycles. The van der Waals surface area contributed by atoms with Gasteiger partial charge in [0.25, 0.3) is 0 Å². The molecule has 24 heavy (non-hydrogen) atoms. The fourth-order valence-corrected chi connectivity index (χ4v) is 2.34. The van der Waals surface area contributed by atoms with Crippen LogP contribution in [0.4, 0.5) is 15.8 Å². The van der Waals surface area contributed by atoms with E-state index in [1.54, 1.807) is 18.3 Å². The molecule has 0 atom stereocenters. The summed E-state index contributed by atoms with van der Waals surface area (Å²) in [6, 6.07) is 14.2. The lowest BCUT2D eigenvalue weighted by Gasteiger charge is -2.18. The van der Waals surface area contributed by atoms with Crippen molar-refractivity contribution in [2.75, 3.05) is 23.8 Å². The Balaban J connectivity index is 1.86. The first-order valence-electron chi connectivity index (χ1n) is 7.75. The molecule has 2 rings (SSSR count). The van der Waals surface area contributed by atoms with E-state index in [1.165, 1.54) is 17.8 Å². The van der Waals surface area contributed by atoms with Crippen molar-refractivity contribution < 1.29 is 4.39 Å². The second-order valence-electron chi connectivity index (χ2n) is 5.35. The molecule has 2 aromatic rings. The second kappa shape index (κ2) is 8.98. The Morgan fingerprint density at radius 3 is 2.67 bits per heavy atom. The van der Waals surface area contributed by atoms with Crippen LogP contribution in [-0.2, 0) is 0 Å². The summed E-state index contributed by atoms with van der Waals surface area (Å²) < 4.78 is 13.1. The lowest BCUT2D eigenvalue weighted by Crippen LogP contribution is -2.23. The molecule has 0 aromatic heterocycles. The summed E-state index contributed by atoms with van der Waals surface area (Å²) in [6.45, 7) is 3.18. The molecule has 0 aliphatic rings. The molecular formula is C18H21FN4S. The second-order valence-corrected chi connectivity index (χ2v) is 5.76. The predicted octanol–water partition coefficient (Wildman–Crippen LogP) is 3.99.